The lowest BCUT2D eigenvalue weighted by atomic mass is 10.1. The van der Waals surface area contributed by atoms with Gasteiger partial charge in [-0.05, 0) is 24.6 Å². The molecule has 0 spiro atoms. The third-order valence-electron chi connectivity index (χ3n) is 1.82. The number of carbonyl (C=O) groups excluding carboxylic acids is 1. The van der Waals surface area contributed by atoms with E-state index in [1.54, 1.807) is 12.1 Å². The lowest BCUT2D eigenvalue weighted by Gasteiger charge is -2.09. The van der Waals surface area contributed by atoms with Crippen molar-refractivity contribution in [2.75, 3.05) is 12.4 Å². The number of rotatable bonds is 3. The van der Waals surface area contributed by atoms with Crippen molar-refractivity contribution in [3.05, 3.63) is 28.3 Å². The number of ether oxygens (including phenoxy) is 1. The number of benzene rings is 1. The van der Waals surface area contributed by atoms with Crippen LogP contribution in [-0.4, -0.2) is 18.2 Å². The Bertz CT molecular complexity index is 363. The molecule has 0 aliphatic heterocycles. The number of Topliss-reactive ketones (excluding diaryl/α,β-unsaturated/α-hetero) is 1. The number of methoxy groups -OCH3 is 1. The summed E-state index contributed by atoms with van der Waals surface area (Å²) in [5.41, 5.74) is 1.41. The first kappa shape index (κ1) is 11.5. The fraction of sp³-hybridized carbons (Fsp3) is 0.300. The van der Waals surface area contributed by atoms with Crippen LogP contribution in [0.3, 0.4) is 0 Å². The smallest absolute Gasteiger partial charge is 0.178 e. The molecule has 0 N–H and O–H groups in total. The van der Waals surface area contributed by atoms with Gasteiger partial charge in [0.25, 0.3) is 0 Å². The van der Waals surface area contributed by atoms with E-state index < -0.39 is 0 Å². The molecular formula is C10H10BrClO2. The Balaban J connectivity index is 3.32. The number of halogens is 2. The molecule has 4 heteroatoms. The molecule has 76 valence electrons. The average Bonchev–Trinajstić information content (AvgIpc) is 2.15. The Labute approximate surface area is 96.3 Å². The minimum absolute atomic E-state index is 0.0770. The van der Waals surface area contributed by atoms with Crippen molar-refractivity contribution >= 4 is 33.3 Å². The van der Waals surface area contributed by atoms with Gasteiger partial charge in [-0.25, -0.2) is 0 Å². The largest absolute Gasteiger partial charge is 0.496 e. The maximum absolute atomic E-state index is 11.5. The number of aryl methyl sites for hydroxylation is 1. The van der Waals surface area contributed by atoms with Gasteiger partial charge in [-0.1, -0.05) is 27.5 Å². The lowest BCUT2D eigenvalue weighted by molar-refractivity contribution is 0.102. The van der Waals surface area contributed by atoms with Crippen molar-refractivity contribution in [1.29, 1.82) is 0 Å². The first-order valence-corrected chi connectivity index (χ1v) is 5.53. The minimum Gasteiger partial charge on any atom is -0.496 e. The molecular weight excluding hydrogens is 267 g/mol. The Morgan fingerprint density at radius 2 is 2.21 bits per heavy atom. The van der Waals surface area contributed by atoms with Crippen molar-refractivity contribution in [1.82, 2.24) is 0 Å². The number of alkyl halides is 1. The third-order valence-corrected chi connectivity index (χ3v) is 2.63. The molecule has 0 heterocycles. The fourth-order valence-corrected chi connectivity index (χ4v) is 1.86. The average molecular weight is 278 g/mol. The molecule has 2 nitrogen and oxygen atoms in total. The second kappa shape index (κ2) is 4.80. The van der Waals surface area contributed by atoms with Crippen molar-refractivity contribution in [3.63, 3.8) is 0 Å². The lowest BCUT2D eigenvalue weighted by Crippen LogP contribution is -2.04. The van der Waals surface area contributed by atoms with Crippen molar-refractivity contribution in [2.45, 2.75) is 6.92 Å². The first-order chi connectivity index (χ1) is 6.60. The topological polar surface area (TPSA) is 26.3 Å². The molecule has 1 aromatic carbocycles. The molecule has 0 saturated carbocycles. The van der Waals surface area contributed by atoms with Gasteiger partial charge in [-0.15, -0.1) is 0 Å². The molecule has 0 atom stereocenters. The van der Waals surface area contributed by atoms with E-state index in [-0.39, 0.29) is 11.1 Å². The molecule has 14 heavy (non-hydrogen) atoms. The van der Waals surface area contributed by atoms with E-state index in [1.165, 1.54) is 7.11 Å². The number of carbonyl (C=O) groups is 1. The molecule has 0 radical (unpaired) electrons. The summed E-state index contributed by atoms with van der Waals surface area (Å²) in [6.07, 6.45) is 0. The Kier molecular flexibility index (Phi) is 3.96. The maximum atomic E-state index is 11.5. The van der Waals surface area contributed by atoms with Crippen LogP contribution in [0.4, 0.5) is 0 Å². The standard InChI is InChI=1S/C10H10BrClO2/c1-6-3-7(12)10(8(13)5-11)9(4-6)14-2/h3-4H,5H2,1-2H3. The molecule has 0 aliphatic carbocycles. The summed E-state index contributed by atoms with van der Waals surface area (Å²) in [6.45, 7) is 1.90. The van der Waals surface area contributed by atoms with Crippen LogP contribution in [0.2, 0.25) is 5.02 Å². The van der Waals surface area contributed by atoms with Crippen molar-refractivity contribution < 1.29 is 9.53 Å². The Hall–Kier alpha value is -0.540. The van der Waals surface area contributed by atoms with E-state index in [4.69, 9.17) is 16.3 Å². The summed E-state index contributed by atoms with van der Waals surface area (Å²) in [7, 11) is 1.52. The van der Waals surface area contributed by atoms with Crippen molar-refractivity contribution in [3.8, 4) is 5.75 Å². The van der Waals surface area contributed by atoms with E-state index >= 15 is 0 Å². The highest BCUT2D eigenvalue weighted by Gasteiger charge is 2.15. The van der Waals surface area contributed by atoms with Crippen LogP contribution in [0, 0.1) is 6.92 Å². The van der Waals surface area contributed by atoms with Gasteiger partial charge in [-0.2, -0.15) is 0 Å². The van der Waals surface area contributed by atoms with Gasteiger partial charge in [0.1, 0.15) is 5.75 Å². The van der Waals surface area contributed by atoms with Gasteiger partial charge < -0.3 is 4.74 Å². The van der Waals surface area contributed by atoms with Crippen LogP contribution in [0.5, 0.6) is 5.75 Å². The Morgan fingerprint density at radius 1 is 1.57 bits per heavy atom. The summed E-state index contributed by atoms with van der Waals surface area (Å²) in [6, 6.07) is 3.54. The summed E-state index contributed by atoms with van der Waals surface area (Å²) in [5.74, 6) is 0.450. The molecule has 0 amide bonds. The summed E-state index contributed by atoms with van der Waals surface area (Å²) >= 11 is 9.07. The minimum atomic E-state index is -0.0770. The molecule has 0 bridgehead atoms. The third kappa shape index (κ3) is 2.28. The molecule has 0 aliphatic rings. The molecule has 0 aromatic heterocycles. The van der Waals surface area contributed by atoms with Gasteiger partial charge in [-0.3, -0.25) is 4.79 Å². The molecule has 0 unspecified atom stereocenters. The van der Waals surface area contributed by atoms with Gasteiger partial charge in [0.15, 0.2) is 5.78 Å². The van der Waals surface area contributed by atoms with E-state index in [0.717, 1.165) is 5.56 Å². The summed E-state index contributed by atoms with van der Waals surface area (Å²) < 4.78 is 5.10. The predicted octanol–water partition coefficient (Wildman–Crippen LogP) is 3.23. The van der Waals surface area contributed by atoms with E-state index in [0.29, 0.717) is 16.3 Å². The van der Waals surface area contributed by atoms with Crippen molar-refractivity contribution in [2.24, 2.45) is 0 Å². The quantitative estimate of drug-likeness (QED) is 0.626. The highest BCUT2D eigenvalue weighted by molar-refractivity contribution is 9.09. The zero-order chi connectivity index (χ0) is 10.7. The number of hydrogen-bond acceptors (Lipinski definition) is 2. The predicted molar refractivity (Wildman–Crippen MR) is 60.9 cm³/mol. The SMILES string of the molecule is COc1cc(C)cc(Cl)c1C(=O)CBr. The highest BCUT2D eigenvalue weighted by Crippen LogP contribution is 2.29. The van der Waals surface area contributed by atoms with Gasteiger partial charge in [0, 0.05) is 0 Å². The van der Waals surface area contributed by atoms with E-state index in [2.05, 4.69) is 15.9 Å². The van der Waals surface area contributed by atoms with Crippen LogP contribution in [-0.2, 0) is 0 Å². The summed E-state index contributed by atoms with van der Waals surface area (Å²) in [5, 5.41) is 0.679. The van der Waals surface area contributed by atoms with Crippen LogP contribution in [0.15, 0.2) is 12.1 Å². The molecule has 0 fully saturated rings. The van der Waals surface area contributed by atoms with Crippen LogP contribution in [0.1, 0.15) is 15.9 Å². The zero-order valence-corrected chi connectivity index (χ0v) is 10.3. The summed E-state index contributed by atoms with van der Waals surface area (Å²) in [4.78, 5) is 11.5. The molecule has 1 rings (SSSR count). The van der Waals surface area contributed by atoms with E-state index in [9.17, 15) is 4.79 Å². The number of ketones is 1. The fourth-order valence-electron chi connectivity index (χ4n) is 1.21. The van der Waals surface area contributed by atoms with Gasteiger partial charge in [0.05, 0.1) is 23.0 Å². The van der Waals surface area contributed by atoms with Crippen LogP contribution >= 0.6 is 27.5 Å². The molecule has 1 aromatic rings. The normalized spacial score (nSPS) is 10.0. The Morgan fingerprint density at radius 3 is 2.71 bits per heavy atom. The zero-order valence-electron chi connectivity index (χ0n) is 7.93. The highest BCUT2D eigenvalue weighted by atomic mass is 79.9. The van der Waals surface area contributed by atoms with Gasteiger partial charge in [0.2, 0.25) is 0 Å². The molecule has 0 saturated heterocycles. The number of hydrogen-bond donors (Lipinski definition) is 0. The second-order valence-electron chi connectivity index (χ2n) is 2.88. The monoisotopic (exact) mass is 276 g/mol. The maximum Gasteiger partial charge on any atom is 0.178 e. The second-order valence-corrected chi connectivity index (χ2v) is 3.85. The van der Waals surface area contributed by atoms with E-state index in [1.807, 2.05) is 6.92 Å². The first-order valence-electron chi connectivity index (χ1n) is 4.03. The van der Waals surface area contributed by atoms with Crippen LogP contribution < -0.4 is 4.74 Å². The van der Waals surface area contributed by atoms with Gasteiger partial charge >= 0.3 is 0 Å². The van der Waals surface area contributed by atoms with Crippen LogP contribution in [0.25, 0.3) is 0 Å².